The van der Waals surface area contributed by atoms with Crippen molar-refractivity contribution in [3.8, 4) is 10.4 Å². The van der Waals surface area contributed by atoms with Crippen LogP contribution in [0.3, 0.4) is 0 Å². The van der Waals surface area contributed by atoms with Crippen LogP contribution in [0.5, 0.6) is 0 Å². The molecule has 0 aliphatic carbocycles. The minimum absolute atomic E-state index is 0.110. The minimum atomic E-state index is -0.308. The molecule has 132 valence electrons. The van der Waals surface area contributed by atoms with E-state index in [0.717, 1.165) is 19.6 Å². The monoisotopic (exact) mass is 477 g/mol. The van der Waals surface area contributed by atoms with Crippen molar-refractivity contribution in [2.45, 2.75) is 6.42 Å². The number of rotatable bonds is 5. The van der Waals surface area contributed by atoms with Crippen LogP contribution in [0.15, 0.2) is 54.6 Å². The van der Waals surface area contributed by atoms with Crippen LogP contribution in [0.25, 0.3) is 10.4 Å². The van der Waals surface area contributed by atoms with E-state index in [4.69, 9.17) is 11.6 Å². The number of hydrogen-bond donors (Lipinski definition) is 3. The smallest absolute Gasteiger partial charge is 0.238 e. The fourth-order valence-electron chi connectivity index (χ4n) is 2.56. The maximum absolute atomic E-state index is 12.9. The molecular weight excluding hydrogens is 461 g/mol. The van der Waals surface area contributed by atoms with E-state index in [1.807, 2.05) is 36.4 Å². The molecule has 1 amide bonds. The summed E-state index contributed by atoms with van der Waals surface area (Å²) in [5.41, 5.74) is 10.9. The van der Waals surface area contributed by atoms with Crippen LogP contribution in [0.4, 0.5) is 5.69 Å². The van der Waals surface area contributed by atoms with Crippen molar-refractivity contribution in [3.05, 3.63) is 74.2 Å². The molecule has 0 unspecified atom stereocenters. The molecule has 0 fully saturated rings. The Balaban J connectivity index is 2.03. The van der Waals surface area contributed by atoms with Gasteiger partial charge in [-0.05, 0) is 58.0 Å². The Morgan fingerprint density at radius 3 is 2.46 bits per heavy atom. The van der Waals surface area contributed by atoms with Crippen molar-refractivity contribution in [2.75, 3.05) is 5.73 Å². The molecular formula is C19H16IN3O2S. The number of nitrogen functional groups attached to an aromatic ring is 1. The Morgan fingerprint density at radius 1 is 1.08 bits per heavy atom. The zero-order chi connectivity index (χ0) is 18.7. The first kappa shape index (κ1) is 18.6. The Hall–Kier alpha value is -2.23. The summed E-state index contributed by atoms with van der Waals surface area (Å²) in [6.45, 7) is 0. The number of carbonyl (C=O) groups excluding carboxylic acids is 2. The molecule has 26 heavy (non-hydrogen) atoms. The van der Waals surface area contributed by atoms with Gasteiger partial charge in [0.05, 0.1) is 11.3 Å². The molecule has 0 saturated carbocycles. The van der Waals surface area contributed by atoms with Crippen LogP contribution in [0.1, 0.15) is 20.8 Å². The minimum Gasteiger partial charge on any atom is -0.398 e. The number of amides is 1. The topological polar surface area (TPSA) is 98.2 Å². The molecule has 0 saturated heterocycles. The number of nitrogens with one attached hydrogen (secondary N) is 1. The third-order valence-electron chi connectivity index (χ3n) is 3.84. The first-order chi connectivity index (χ1) is 12.5. The molecule has 0 spiro atoms. The second kappa shape index (κ2) is 7.98. The van der Waals surface area contributed by atoms with E-state index in [2.05, 4.69) is 28.0 Å². The molecule has 3 aromatic rings. The average Bonchev–Trinajstić information content (AvgIpc) is 3.07. The van der Waals surface area contributed by atoms with E-state index >= 15 is 0 Å². The maximum Gasteiger partial charge on any atom is 0.238 e. The lowest BCUT2D eigenvalue weighted by molar-refractivity contribution is -0.120. The van der Waals surface area contributed by atoms with Gasteiger partial charge in [0.2, 0.25) is 11.7 Å². The summed E-state index contributed by atoms with van der Waals surface area (Å²) < 4.78 is 0.899. The summed E-state index contributed by atoms with van der Waals surface area (Å²) in [6.07, 6.45) is 0.110. The first-order valence-corrected chi connectivity index (χ1v) is 9.66. The maximum atomic E-state index is 12.9. The summed E-state index contributed by atoms with van der Waals surface area (Å²) in [4.78, 5) is 26.1. The summed E-state index contributed by atoms with van der Waals surface area (Å²) in [5.74, 6) is 4.80. The quantitative estimate of drug-likeness (QED) is 0.131. The molecule has 0 radical (unpaired) electrons. The standard InChI is InChI=1S/C19H16IN3O2S/c20-14-7-6-12(8-15(14)21)18(25)16-9-13(10-17(24)23-22)19(26-16)11-4-2-1-3-5-11/h1-9H,10,21-22H2,(H,23,24). The fourth-order valence-corrected chi connectivity index (χ4v) is 4.04. The lowest BCUT2D eigenvalue weighted by atomic mass is 10.0. The van der Waals surface area contributed by atoms with Crippen LogP contribution in [0.2, 0.25) is 0 Å². The zero-order valence-corrected chi connectivity index (χ0v) is 16.6. The lowest BCUT2D eigenvalue weighted by Crippen LogP contribution is -2.31. The number of anilines is 1. The fraction of sp³-hybridized carbons (Fsp3) is 0.0526. The van der Waals surface area contributed by atoms with Crippen LogP contribution in [-0.4, -0.2) is 11.7 Å². The van der Waals surface area contributed by atoms with Gasteiger partial charge in [-0.2, -0.15) is 0 Å². The lowest BCUT2D eigenvalue weighted by Gasteiger charge is -2.03. The Morgan fingerprint density at radius 2 is 1.81 bits per heavy atom. The highest BCUT2D eigenvalue weighted by Gasteiger charge is 2.19. The van der Waals surface area contributed by atoms with Gasteiger partial charge < -0.3 is 5.73 Å². The molecule has 1 aromatic heterocycles. The molecule has 5 nitrogen and oxygen atoms in total. The second-order valence-electron chi connectivity index (χ2n) is 5.64. The number of nitrogens with two attached hydrogens (primary N) is 2. The van der Waals surface area contributed by atoms with Gasteiger partial charge in [-0.3, -0.25) is 15.0 Å². The summed E-state index contributed by atoms with van der Waals surface area (Å²) >= 11 is 3.49. The van der Waals surface area contributed by atoms with E-state index in [9.17, 15) is 9.59 Å². The predicted octanol–water partition coefficient (Wildman–Crippen LogP) is 3.37. The summed E-state index contributed by atoms with van der Waals surface area (Å²) in [6, 6.07) is 16.7. The third kappa shape index (κ3) is 3.95. The number of benzene rings is 2. The highest BCUT2D eigenvalue weighted by molar-refractivity contribution is 14.1. The largest absolute Gasteiger partial charge is 0.398 e. The van der Waals surface area contributed by atoms with Gasteiger partial charge in [0, 0.05) is 19.7 Å². The summed E-state index contributed by atoms with van der Waals surface area (Å²) in [7, 11) is 0. The van der Waals surface area contributed by atoms with E-state index in [1.54, 1.807) is 18.2 Å². The number of thiophene rings is 1. The van der Waals surface area contributed by atoms with Crippen molar-refractivity contribution in [2.24, 2.45) is 5.84 Å². The molecule has 7 heteroatoms. The Bertz CT molecular complexity index is 970. The van der Waals surface area contributed by atoms with Crippen molar-refractivity contribution < 1.29 is 9.59 Å². The highest BCUT2D eigenvalue weighted by atomic mass is 127. The van der Waals surface area contributed by atoms with Crippen molar-refractivity contribution in [1.29, 1.82) is 0 Å². The van der Waals surface area contributed by atoms with Crippen molar-refractivity contribution in [1.82, 2.24) is 5.43 Å². The Kier molecular flexibility index (Phi) is 5.70. The van der Waals surface area contributed by atoms with E-state index in [1.165, 1.54) is 11.3 Å². The molecule has 0 atom stereocenters. The number of hydrogen-bond acceptors (Lipinski definition) is 5. The average molecular weight is 477 g/mol. The normalized spacial score (nSPS) is 10.5. The SMILES string of the molecule is NNC(=O)Cc1cc(C(=O)c2ccc(I)c(N)c2)sc1-c1ccccc1. The Labute approximate surface area is 168 Å². The highest BCUT2D eigenvalue weighted by Crippen LogP contribution is 2.34. The molecule has 0 aliphatic heterocycles. The van der Waals surface area contributed by atoms with Crippen molar-refractivity contribution in [3.63, 3.8) is 0 Å². The second-order valence-corrected chi connectivity index (χ2v) is 7.86. The van der Waals surface area contributed by atoms with Crippen LogP contribution in [-0.2, 0) is 11.2 Å². The van der Waals surface area contributed by atoms with Gasteiger partial charge >= 0.3 is 0 Å². The van der Waals surface area contributed by atoms with Gasteiger partial charge in [0.25, 0.3) is 0 Å². The zero-order valence-electron chi connectivity index (χ0n) is 13.7. The number of hydrazine groups is 1. The van der Waals surface area contributed by atoms with Crippen LogP contribution < -0.4 is 17.0 Å². The van der Waals surface area contributed by atoms with Crippen LogP contribution in [0, 0.1) is 3.57 Å². The van der Waals surface area contributed by atoms with Gasteiger partial charge in [0.15, 0.2) is 0 Å². The first-order valence-electron chi connectivity index (χ1n) is 7.77. The van der Waals surface area contributed by atoms with Gasteiger partial charge in [-0.25, -0.2) is 5.84 Å². The number of halogens is 1. The molecule has 2 aromatic carbocycles. The number of ketones is 1. The molecule has 5 N–H and O–H groups in total. The van der Waals surface area contributed by atoms with Gasteiger partial charge in [0.1, 0.15) is 0 Å². The molecule has 3 rings (SSSR count). The van der Waals surface area contributed by atoms with Gasteiger partial charge in [-0.15, -0.1) is 11.3 Å². The van der Waals surface area contributed by atoms with Gasteiger partial charge in [-0.1, -0.05) is 30.3 Å². The molecule has 0 aliphatic rings. The van der Waals surface area contributed by atoms with E-state index in [-0.39, 0.29) is 18.1 Å². The van der Waals surface area contributed by atoms with Crippen molar-refractivity contribution >= 4 is 51.3 Å². The predicted molar refractivity (Wildman–Crippen MR) is 113 cm³/mol. The molecule has 1 heterocycles. The van der Waals surface area contributed by atoms with E-state index in [0.29, 0.717) is 16.1 Å². The van der Waals surface area contributed by atoms with Crippen LogP contribution >= 0.6 is 33.9 Å². The number of carbonyl (C=O) groups is 2. The van der Waals surface area contributed by atoms with E-state index < -0.39 is 0 Å². The third-order valence-corrected chi connectivity index (χ3v) is 6.05. The summed E-state index contributed by atoms with van der Waals surface area (Å²) in [5, 5.41) is 0. The molecule has 0 bridgehead atoms.